The summed E-state index contributed by atoms with van der Waals surface area (Å²) >= 11 is 1.83. The Bertz CT molecular complexity index is 2860. The Morgan fingerprint density at radius 3 is 1.38 bits per heavy atom. The van der Waals surface area contributed by atoms with Crippen LogP contribution in [0.3, 0.4) is 0 Å². The molecule has 334 valence electrons. The van der Waals surface area contributed by atoms with Crippen LogP contribution in [0, 0.1) is 48.5 Å². The number of benzene rings is 8. The molecule has 0 aromatic heterocycles. The molecule has 0 unspecified atom stereocenters. The molecule has 0 nitrogen and oxygen atoms in total. The smallest absolute Gasteiger partial charge is 0.0145 e. The highest BCUT2D eigenvalue weighted by molar-refractivity contribution is 7.98. The molecule has 0 fully saturated rings. The lowest BCUT2D eigenvalue weighted by Crippen LogP contribution is -1.94. The van der Waals surface area contributed by atoms with E-state index in [0.29, 0.717) is 0 Å². The summed E-state index contributed by atoms with van der Waals surface area (Å²) in [5, 5.41) is 0. The lowest BCUT2D eigenvalue weighted by Gasteiger charge is -2.17. The minimum atomic E-state index is 0.969. The van der Waals surface area contributed by atoms with Crippen LogP contribution in [-0.4, -0.2) is 6.26 Å². The van der Waals surface area contributed by atoms with Gasteiger partial charge in [0.1, 0.15) is 0 Å². The predicted molar refractivity (Wildman–Crippen MR) is 293 cm³/mol. The normalized spacial score (nSPS) is 11.5. The number of hydrogen-bond donors (Lipinski definition) is 0. The number of thioether (sulfide) groups is 1. The van der Waals surface area contributed by atoms with E-state index >= 15 is 0 Å². The second-order valence-corrected chi connectivity index (χ2v) is 17.9. The lowest BCUT2D eigenvalue weighted by molar-refractivity contribution is 1.05. The van der Waals surface area contributed by atoms with E-state index < -0.39 is 0 Å². The molecule has 0 atom stereocenters. The summed E-state index contributed by atoms with van der Waals surface area (Å²) < 4.78 is 0. The molecule has 0 bridgehead atoms. The molecule has 1 aliphatic carbocycles. The minimum Gasteiger partial charge on any atom is -0.129 e. The Labute approximate surface area is 402 Å². The molecular formula is C65H68S. The van der Waals surface area contributed by atoms with Gasteiger partial charge in [-0.15, -0.1) is 11.8 Å². The fraction of sp³-hybridized carbons (Fsp3) is 0.200. The third-order valence-corrected chi connectivity index (χ3v) is 13.4. The van der Waals surface area contributed by atoms with E-state index in [0.717, 1.165) is 6.42 Å². The molecule has 1 aliphatic rings. The van der Waals surface area contributed by atoms with Gasteiger partial charge in [-0.2, -0.15) is 0 Å². The topological polar surface area (TPSA) is 0 Å². The maximum atomic E-state index is 2.30. The molecular weight excluding hydrogens is 813 g/mol. The lowest BCUT2D eigenvalue weighted by atomic mass is 9.87. The van der Waals surface area contributed by atoms with Gasteiger partial charge >= 0.3 is 0 Å². The van der Waals surface area contributed by atoms with Crippen LogP contribution < -0.4 is 0 Å². The Kier molecular flexibility index (Phi) is 18.0. The van der Waals surface area contributed by atoms with E-state index in [1.165, 1.54) is 123 Å². The standard InChI is InChI=1S/C35H32.C14H16S.C14H14.C2H6/c1-24-11-5-7-13-30(24)23-28-19-21-29(22-20-28)32-15-9-17-34(26(32)3)35-18-10-16-33(27(35)4)31-14-8-6-12-25(31)2;1-11-8-9-14(15-2)13(10-11)12-6-4-3-5-7-12;1-11-7-3-5-9-13(11)14-10-6-4-8-12(14)2;1-2/h5-22H,23H2,1-4H3;3-4,6,8-10H,5,7H2,1-2H3;3-10H,1-2H3;1-2H3. The van der Waals surface area contributed by atoms with E-state index in [1.807, 2.05) is 25.6 Å². The zero-order valence-electron chi connectivity index (χ0n) is 41.0. The van der Waals surface area contributed by atoms with Crippen LogP contribution in [0.25, 0.3) is 50.1 Å². The zero-order chi connectivity index (χ0) is 47.0. The van der Waals surface area contributed by atoms with E-state index in [9.17, 15) is 0 Å². The van der Waals surface area contributed by atoms with Gasteiger partial charge in [0.05, 0.1) is 0 Å². The quantitative estimate of drug-likeness (QED) is 0.137. The van der Waals surface area contributed by atoms with Crippen LogP contribution in [0.1, 0.15) is 82.3 Å². The molecule has 0 radical (unpaired) electrons. The van der Waals surface area contributed by atoms with Crippen molar-refractivity contribution in [2.45, 2.75) is 86.5 Å². The molecule has 0 N–H and O–H groups in total. The van der Waals surface area contributed by atoms with E-state index in [1.54, 1.807) is 0 Å². The highest BCUT2D eigenvalue weighted by Gasteiger charge is 2.14. The van der Waals surface area contributed by atoms with Gasteiger partial charge in [0.25, 0.3) is 0 Å². The second-order valence-electron chi connectivity index (χ2n) is 17.1. The van der Waals surface area contributed by atoms with Crippen molar-refractivity contribution >= 4 is 17.3 Å². The van der Waals surface area contributed by atoms with Crippen LogP contribution in [0.5, 0.6) is 0 Å². The second kappa shape index (κ2) is 24.2. The van der Waals surface area contributed by atoms with Crippen LogP contribution in [-0.2, 0) is 6.42 Å². The number of allylic oxidation sites excluding steroid dienone is 4. The molecule has 0 heterocycles. The third kappa shape index (κ3) is 12.3. The van der Waals surface area contributed by atoms with Crippen molar-refractivity contribution in [3.05, 3.63) is 250 Å². The third-order valence-electron chi connectivity index (χ3n) is 12.6. The fourth-order valence-electron chi connectivity index (χ4n) is 8.81. The van der Waals surface area contributed by atoms with Gasteiger partial charge in [0.15, 0.2) is 0 Å². The van der Waals surface area contributed by atoms with Crippen molar-refractivity contribution in [3.8, 4) is 44.5 Å². The Morgan fingerprint density at radius 2 is 0.879 bits per heavy atom. The molecule has 66 heavy (non-hydrogen) atoms. The van der Waals surface area contributed by atoms with Gasteiger partial charge < -0.3 is 0 Å². The predicted octanol–water partition coefficient (Wildman–Crippen LogP) is 19.0. The molecule has 8 aromatic rings. The summed E-state index contributed by atoms with van der Waals surface area (Å²) in [5.41, 5.74) is 25.4. The van der Waals surface area contributed by atoms with Gasteiger partial charge in [-0.3, -0.25) is 0 Å². The first-order valence-electron chi connectivity index (χ1n) is 23.6. The van der Waals surface area contributed by atoms with Gasteiger partial charge in [-0.05, 0) is 180 Å². The summed E-state index contributed by atoms with van der Waals surface area (Å²) in [6.07, 6.45) is 12.1. The minimum absolute atomic E-state index is 0.969. The molecule has 0 saturated heterocycles. The maximum absolute atomic E-state index is 2.30. The van der Waals surface area contributed by atoms with Crippen LogP contribution in [0.2, 0.25) is 0 Å². The maximum Gasteiger partial charge on any atom is 0.0145 e. The van der Waals surface area contributed by atoms with Crippen LogP contribution in [0.15, 0.2) is 199 Å². The fourth-order valence-corrected chi connectivity index (χ4v) is 9.43. The highest BCUT2D eigenvalue weighted by Crippen LogP contribution is 2.38. The first-order chi connectivity index (χ1) is 32.1. The van der Waals surface area contributed by atoms with Crippen molar-refractivity contribution in [1.82, 2.24) is 0 Å². The van der Waals surface area contributed by atoms with Gasteiger partial charge in [0.2, 0.25) is 0 Å². The Hall–Kier alpha value is -6.41. The molecule has 8 aromatic carbocycles. The Morgan fingerprint density at radius 1 is 0.424 bits per heavy atom. The van der Waals surface area contributed by atoms with Gasteiger partial charge in [-0.25, -0.2) is 0 Å². The summed E-state index contributed by atoms with van der Waals surface area (Å²) in [5.74, 6) is 0. The van der Waals surface area contributed by atoms with Crippen molar-refractivity contribution in [2.75, 3.05) is 6.26 Å². The average molecular weight is 881 g/mol. The van der Waals surface area contributed by atoms with Gasteiger partial charge in [-0.1, -0.05) is 207 Å². The molecule has 0 amide bonds. The van der Waals surface area contributed by atoms with Crippen molar-refractivity contribution in [1.29, 1.82) is 0 Å². The first-order valence-corrected chi connectivity index (χ1v) is 24.9. The summed E-state index contributed by atoms with van der Waals surface area (Å²) in [7, 11) is 0. The Balaban J connectivity index is 0.000000190. The summed E-state index contributed by atoms with van der Waals surface area (Å²) in [6.45, 7) is 19.4. The van der Waals surface area contributed by atoms with E-state index in [2.05, 4.69) is 249 Å². The molecule has 0 aliphatic heterocycles. The molecule has 0 spiro atoms. The van der Waals surface area contributed by atoms with E-state index in [4.69, 9.17) is 0 Å². The van der Waals surface area contributed by atoms with Crippen LogP contribution >= 0.6 is 11.8 Å². The molecule has 9 rings (SSSR count). The van der Waals surface area contributed by atoms with Gasteiger partial charge in [0, 0.05) is 4.90 Å². The van der Waals surface area contributed by atoms with Crippen molar-refractivity contribution < 1.29 is 0 Å². The first kappa shape index (κ1) is 49.0. The van der Waals surface area contributed by atoms with Crippen LogP contribution in [0.4, 0.5) is 0 Å². The summed E-state index contributed by atoms with van der Waals surface area (Å²) in [4.78, 5) is 1.39. The van der Waals surface area contributed by atoms with E-state index in [-0.39, 0.29) is 0 Å². The van der Waals surface area contributed by atoms with Crippen molar-refractivity contribution in [2.24, 2.45) is 0 Å². The molecule has 1 heteroatoms. The highest BCUT2D eigenvalue weighted by atomic mass is 32.2. The average Bonchev–Trinajstić information content (AvgIpc) is 3.35. The number of aryl methyl sites for hydroxylation is 5. The summed E-state index contributed by atoms with van der Waals surface area (Å²) in [6, 6.07) is 63.5. The van der Waals surface area contributed by atoms with Crippen molar-refractivity contribution in [3.63, 3.8) is 0 Å². The zero-order valence-corrected chi connectivity index (χ0v) is 41.8. The molecule has 0 saturated carbocycles. The number of hydrogen-bond acceptors (Lipinski definition) is 1. The SMILES string of the molecule is CC.CSc1ccc(C)cc1C1=CC=CCC1.Cc1ccccc1-c1ccccc1C.Cc1ccccc1Cc1ccc(-c2cccc(-c3cccc(-c4ccccc4C)c3C)c2C)cc1. The number of rotatable bonds is 8. The monoisotopic (exact) mass is 881 g/mol. The largest absolute Gasteiger partial charge is 0.129 e.